The first-order valence-electron chi connectivity index (χ1n) is 6.59. The minimum absolute atomic E-state index is 0.181. The fourth-order valence-electron chi connectivity index (χ4n) is 2.17. The van der Waals surface area contributed by atoms with Crippen LogP contribution in [0.3, 0.4) is 0 Å². The molecule has 0 spiro atoms. The second kappa shape index (κ2) is 5.73. The van der Waals surface area contributed by atoms with Crippen molar-refractivity contribution in [3.63, 3.8) is 0 Å². The molecule has 0 aliphatic carbocycles. The average molecular weight is 284 g/mol. The predicted molar refractivity (Wildman–Crippen MR) is 75.9 cm³/mol. The molecule has 1 aliphatic rings. The van der Waals surface area contributed by atoms with Crippen LogP contribution in [-0.4, -0.2) is 43.0 Å². The van der Waals surface area contributed by atoms with Gasteiger partial charge in [0, 0.05) is 25.6 Å². The molecular formula is C12H20N4O2S. The van der Waals surface area contributed by atoms with E-state index in [2.05, 4.69) is 16.9 Å². The summed E-state index contributed by atoms with van der Waals surface area (Å²) in [7, 11) is -2.91. The molecule has 0 bridgehead atoms. The van der Waals surface area contributed by atoms with Crippen molar-refractivity contribution in [2.24, 2.45) is 0 Å². The Bertz CT molecular complexity index is 545. The van der Waals surface area contributed by atoms with Crippen LogP contribution in [0.1, 0.15) is 25.6 Å². The second-order valence-electron chi connectivity index (χ2n) is 4.81. The quantitative estimate of drug-likeness (QED) is 0.876. The number of aryl methyl sites for hydroxylation is 1. The Morgan fingerprint density at radius 3 is 2.84 bits per heavy atom. The standard InChI is InChI=1S/C12H20N4O2S/c1-2-4-11-14-10(13)9-12(15-11)16-5-3-7-19(17,18)8-6-16/h9H,2-8H2,1H3,(H2,13,14,15). The lowest BCUT2D eigenvalue weighted by Crippen LogP contribution is -2.28. The molecule has 0 saturated carbocycles. The molecule has 1 fully saturated rings. The minimum Gasteiger partial charge on any atom is -0.384 e. The van der Waals surface area contributed by atoms with Gasteiger partial charge in [-0.15, -0.1) is 0 Å². The number of hydrogen-bond acceptors (Lipinski definition) is 6. The van der Waals surface area contributed by atoms with Gasteiger partial charge >= 0.3 is 0 Å². The first kappa shape index (κ1) is 14.0. The largest absolute Gasteiger partial charge is 0.384 e. The van der Waals surface area contributed by atoms with Crippen molar-refractivity contribution >= 4 is 21.5 Å². The lowest BCUT2D eigenvalue weighted by molar-refractivity contribution is 0.597. The summed E-state index contributed by atoms with van der Waals surface area (Å²) in [4.78, 5) is 10.7. The normalized spacial score (nSPS) is 19.1. The maximum absolute atomic E-state index is 11.6. The van der Waals surface area contributed by atoms with E-state index >= 15 is 0 Å². The summed E-state index contributed by atoms with van der Waals surface area (Å²) in [6, 6.07) is 1.72. The maximum Gasteiger partial charge on any atom is 0.152 e. The Hall–Kier alpha value is -1.37. The molecule has 0 atom stereocenters. The van der Waals surface area contributed by atoms with Crippen LogP contribution in [0.25, 0.3) is 0 Å². The first-order chi connectivity index (χ1) is 9.00. The molecule has 2 rings (SSSR count). The molecule has 1 aromatic rings. The molecular weight excluding hydrogens is 264 g/mol. The van der Waals surface area contributed by atoms with Crippen LogP contribution in [-0.2, 0) is 16.3 Å². The number of nitrogen functional groups attached to an aromatic ring is 1. The molecule has 106 valence electrons. The SMILES string of the molecule is CCCc1nc(N)cc(N2CCCS(=O)(=O)CC2)n1. The van der Waals surface area contributed by atoms with Crippen molar-refractivity contribution in [2.75, 3.05) is 35.2 Å². The summed E-state index contributed by atoms with van der Waals surface area (Å²) < 4.78 is 23.2. The van der Waals surface area contributed by atoms with Crippen LogP contribution in [0, 0.1) is 0 Å². The summed E-state index contributed by atoms with van der Waals surface area (Å²) in [6.45, 7) is 3.23. The molecule has 0 aromatic carbocycles. The van der Waals surface area contributed by atoms with Crippen LogP contribution in [0.2, 0.25) is 0 Å². The first-order valence-corrected chi connectivity index (χ1v) is 8.41. The number of nitrogens with two attached hydrogens (primary N) is 1. The van der Waals surface area contributed by atoms with E-state index in [1.54, 1.807) is 6.07 Å². The highest BCUT2D eigenvalue weighted by Crippen LogP contribution is 2.17. The van der Waals surface area contributed by atoms with Crippen LogP contribution in [0.5, 0.6) is 0 Å². The average Bonchev–Trinajstić information content (AvgIpc) is 2.50. The zero-order valence-electron chi connectivity index (χ0n) is 11.2. The number of aromatic nitrogens is 2. The highest BCUT2D eigenvalue weighted by Gasteiger charge is 2.20. The fraction of sp³-hybridized carbons (Fsp3) is 0.667. The maximum atomic E-state index is 11.6. The zero-order chi connectivity index (χ0) is 13.9. The van der Waals surface area contributed by atoms with Gasteiger partial charge in [-0.2, -0.15) is 0 Å². The van der Waals surface area contributed by atoms with Crippen LogP contribution in [0.15, 0.2) is 6.07 Å². The second-order valence-corrected chi connectivity index (χ2v) is 7.11. The number of sulfone groups is 1. The summed E-state index contributed by atoms with van der Waals surface area (Å²) in [6.07, 6.45) is 2.37. The highest BCUT2D eigenvalue weighted by molar-refractivity contribution is 7.91. The third-order valence-electron chi connectivity index (χ3n) is 3.13. The van der Waals surface area contributed by atoms with Gasteiger partial charge in [-0.25, -0.2) is 18.4 Å². The number of anilines is 2. The van der Waals surface area contributed by atoms with Crippen molar-refractivity contribution in [2.45, 2.75) is 26.2 Å². The molecule has 1 aliphatic heterocycles. The minimum atomic E-state index is -2.91. The van der Waals surface area contributed by atoms with Crippen molar-refractivity contribution in [1.29, 1.82) is 0 Å². The molecule has 7 heteroatoms. The predicted octanol–water partition coefficient (Wildman–Crippen LogP) is 0.636. The van der Waals surface area contributed by atoms with Gasteiger partial charge in [0.05, 0.1) is 11.5 Å². The molecule has 2 heterocycles. The molecule has 2 N–H and O–H groups in total. The Kier molecular flexibility index (Phi) is 4.24. The molecule has 0 unspecified atom stereocenters. The zero-order valence-corrected chi connectivity index (χ0v) is 12.0. The molecule has 19 heavy (non-hydrogen) atoms. The van der Waals surface area contributed by atoms with Gasteiger partial charge in [-0.05, 0) is 12.8 Å². The lowest BCUT2D eigenvalue weighted by atomic mass is 10.3. The van der Waals surface area contributed by atoms with E-state index in [0.717, 1.165) is 24.5 Å². The molecule has 0 radical (unpaired) electrons. The third-order valence-corrected chi connectivity index (χ3v) is 4.85. The lowest BCUT2D eigenvalue weighted by Gasteiger charge is -2.21. The summed E-state index contributed by atoms with van der Waals surface area (Å²) in [5.41, 5.74) is 5.79. The monoisotopic (exact) mass is 284 g/mol. The van der Waals surface area contributed by atoms with Gasteiger partial charge in [0.25, 0.3) is 0 Å². The van der Waals surface area contributed by atoms with E-state index in [1.807, 2.05) is 4.90 Å². The molecule has 0 amide bonds. The summed E-state index contributed by atoms with van der Waals surface area (Å²) in [5.74, 6) is 2.35. The van der Waals surface area contributed by atoms with E-state index in [1.165, 1.54) is 0 Å². The van der Waals surface area contributed by atoms with Crippen LogP contribution in [0.4, 0.5) is 11.6 Å². The Balaban J connectivity index is 2.21. The molecule has 1 aromatic heterocycles. The highest BCUT2D eigenvalue weighted by atomic mass is 32.2. The summed E-state index contributed by atoms with van der Waals surface area (Å²) in [5, 5.41) is 0. The number of nitrogens with zero attached hydrogens (tertiary/aromatic N) is 3. The van der Waals surface area contributed by atoms with Crippen LogP contribution >= 0.6 is 0 Å². The van der Waals surface area contributed by atoms with Gasteiger partial charge < -0.3 is 10.6 Å². The van der Waals surface area contributed by atoms with Gasteiger partial charge in [0.1, 0.15) is 17.5 Å². The Morgan fingerprint density at radius 2 is 2.11 bits per heavy atom. The van der Waals surface area contributed by atoms with E-state index in [0.29, 0.717) is 25.3 Å². The molecule has 1 saturated heterocycles. The Morgan fingerprint density at radius 1 is 1.32 bits per heavy atom. The van der Waals surface area contributed by atoms with Gasteiger partial charge in [0.15, 0.2) is 9.84 Å². The van der Waals surface area contributed by atoms with Crippen molar-refractivity contribution in [3.8, 4) is 0 Å². The fourth-order valence-corrected chi connectivity index (χ4v) is 3.44. The van der Waals surface area contributed by atoms with Crippen LogP contribution < -0.4 is 10.6 Å². The topological polar surface area (TPSA) is 89.2 Å². The van der Waals surface area contributed by atoms with Gasteiger partial charge in [0.2, 0.25) is 0 Å². The van der Waals surface area contributed by atoms with Gasteiger partial charge in [-0.3, -0.25) is 0 Å². The van der Waals surface area contributed by atoms with Gasteiger partial charge in [-0.1, -0.05) is 6.92 Å². The van der Waals surface area contributed by atoms with Crippen molar-refractivity contribution in [1.82, 2.24) is 9.97 Å². The van der Waals surface area contributed by atoms with Crippen molar-refractivity contribution < 1.29 is 8.42 Å². The number of rotatable bonds is 3. The van der Waals surface area contributed by atoms with E-state index in [-0.39, 0.29) is 11.5 Å². The molecule has 6 nitrogen and oxygen atoms in total. The third kappa shape index (κ3) is 3.79. The van der Waals surface area contributed by atoms with E-state index in [4.69, 9.17) is 5.73 Å². The van der Waals surface area contributed by atoms with E-state index in [9.17, 15) is 8.42 Å². The van der Waals surface area contributed by atoms with Crippen molar-refractivity contribution in [3.05, 3.63) is 11.9 Å². The Labute approximate surface area is 114 Å². The van der Waals surface area contributed by atoms with E-state index < -0.39 is 9.84 Å². The number of hydrogen-bond donors (Lipinski definition) is 1. The smallest absolute Gasteiger partial charge is 0.152 e. The summed E-state index contributed by atoms with van der Waals surface area (Å²) >= 11 is 0.